The first kappa shape index (κ1) is 14.8. The van der Waals surface area contributed by atoms with Crippen LogP contribution in [0.25, 0.3) is 4.96 Å². The molecule has 3 aromatic rings. The summed E-state index contributed by atoms with van der Waals surface area (Å²) in [6.07, 6.45) is -0.677. The van der Waals surface area contributed by atoms with E-state index in [0.717, 1.165) is 10.7 Å². The van der Waals surface area contributed by atoms with Gasteiger partial charge >= 0.3 is 0 Å². The third kappa shape index (κ3) is 3.05. The summed E-state index contributed by atoms with van der Waals surface area (Å²) in [6.45, 7) is 3.59. The Morgan fingerprint density at radius 3 is 2.82 bits per heavy atom. The fourth-order valence-corrected chi connectivity index (χ4v) is 2.75. The van der Waals surface area contributed by atoms with Crippen LogP contribution in [0.4, 0.5) is 5.95 Å². The van der Waals surface area contributed by atoms with Crippen LogP contribution in [0.1, 0.15) is 12.6 Å². The normalized spacial score (nSPS) is 12.3. The third-order valence-electron chi connectivity index (χ3n) is 2.98. The van der Waals surface area contributed by atoms with Gasteiger partial charge in [-0.15, -0.1) is 16.4 Å². The number of aryl methyl sites for hydroxylation is 1. The summed E-state index contributed by atoms with van der Waals surface area (Å²) in [6, 6.07) is 6.82. The van der Waals surface area contributed by atoms with Crippen LogP contribution in [0, 0.1) is 6.92 Å². The first-order valence-electron chi connectivity index (χ1n) is 6.57. The maximum atomic E-state index is 12.1. The fraction of sp³-hybridized carbons (Fsp3) is 0.214. The molecule has 6 nitrogen and oxygen atoms in total. The van der Waals surface area contributed by atoms with E-state index in [2.05, 4.69) is 15.4 Å². The molecule has 0 saturated heterocycles. The van der Waals surface area contributed by atoms with Gasteiger partial charge in [-0.25, -0.2) is 4.52 Å². The maximum absolute atomic E-state index is 12.1. The van der Waals surface area contributed by atoms with Crippen molar-refractivity contribution in [3.05, 3.63) is 40.4 Å². The Hall–Kier alpha value is -2.12. The number of benzene rings is 1. The van der Waals surface area contributed by atoms with Crippen LogP contribution in [0.3, 0.4) is 0 Å². The molecule has 0 fully saturated rings. The van der Waals surface area contributed by atoms with E-state index in [0.29, 0.717) is 10.8 Å². The molecule has 8 heteroatoms. The minimum absolute atomic E-state index is 0.270. The monoisotopic (exact) mass is 336 g/mol. The van der Waals surface area contributed by atoms with Crippen molar-refractivity contribution >= 4 is 39.8 Å². The van der Waals surface area contributed by atoms with E-state index < -0.39 is 6.10 Å². The van der Waals surface area contributed by atoms with Crippen LogP contribution in [0.2, 0.25) is 5.02 Å². The minimum Gasteiger partial charge on any atom is -0.481 e. The molecule has 1 unspecified atom stereocenters. The van der Waals surface area contributed by atoms with E-state index in [1.54, 1.807) is 35.7 Å². The van der Waals surface area contributed by atoms with Gasteiger partial charge in [-0.2, -0.15) is 4.98 Å². The molecular weight excluding hydrogens is 324 g/mol. The highest BCUT2D eigenvalue weighted by molar-refractivity contribution is 7.15. The number of carbonyl (C=O) groups excluding carboxylic acids is 1. The molecule has 0 aliphatic rings. The number of halogens is 1. The highest BCUT2D eigenvalue weighted by Crippen LogP contribution is 2.18. The zero-order valence-corrected chi connectivity index (χ0v) is 13.5. The highest BCUT2D eigenvalue weighted by atomic mass is 35.5. The van der Waals surface area contributed by atoms with Crippen molar-refractivity contribution in [1.82, 2.24) is 14.6 Å². The molecule has 0 spiro atoms. The number of nitrogens with zero attached hydrogens (tertiary/aromatic N) is 3. The minimum atomic E-state index is -0.677. The number of anilines is 1. The molecule has 0 saturated carbocycles. The number of fused-ring (bicyclic) bond motifs is 1. The van der Waals surface area contributed by atoms with Crippen LogP contribution in [0.15, 0.2) is 29.6 Å². The van der Waals surface area contributed by atoms with Gasteiger partial charge in [0.05, 0.1) is 5.69 Å². The number of aromatic nitrogens is 3. The van der Waals surface area contributed by atoms with Crippen molar-refractivity contribution in [3.63, 3.8) is 0 Å². The van der Waals surface area contributed by atoms with Crippen molar-refractivity contribution in [2.24, 2.45) is 0 Å². The zero-order chi connectivity index (χ0) is 15.7. The van der Waals surface area contributed by atoms with Gasteiger partial charge in [0.25, 0.3) is 11.9 Å². The molecule has 1 aromatic carbocycles. The maximum Gasteiger partial charge on any atom is 0.267 e. The van der Waals surface area contributed by atoms with Gasteiger partial charge in [-0.1, -0.05) is 11.6 Å². The van der Waals surface area contributed by atoms with Gasteiger partial charge in [0, 0.05) is 10.4 Å². The average molecular weight is 337 g/mol. The Bertz CT molecular complexity index is 812. The van der Waals surface area contributed by atoms with Crippen molar-refractivity contribution in [3.8, 4) is 5.75 Å². The van der Waals surface area contributed by atoms with Gasteiger partial charge in [-0.05, 0) is 38.1 Å². The largest absolute Gasteiger partial charge is 0.481 e. The van der Waals surface area contributed by atoms with Crippen molar-refractivity contribution in [2.75, 3.05) is 5.32 Å². The van der Waals surface area contributed by atoms with Crippen molar-refractivity contribution in [1.29, 1.82) is 0 Å². The van der Waals surface area contributed by atoms with Gasteiger partial charge < -0.3 is 4.74 Å². The quantitative estimate of drug-likeness (QED) is 0.794. The Kier molecular flexibility index (Phi) is 4.00. The lowest BCUT2D eigenvalue weighted by Crippen LogP contribution is -2.30. The third-order valence-corrected chi connectivity index (χ3v) is 4.16. The molecule has 22 heavy (non-hydrogen) atoms. The van der Waals surface area contributed by atoms with Crippen LogP contribution < -0.4 is 10.1 Å². The summed E-state index contributed by atoms with van der Waals surface area (Å²) in [5.74, 6) is 0.527. The van der Waals surface area contributed by atoms with E-state index >= 15 is 0 Å². The first-order valence-corrected chi connectivity index (χ1v) is 7.82. The Labute approximate surface area is 135 Å². The van der Waals surface area contributed by atoms with Gasteiger partial charge in [0.15, 0.2) is 6.10 Å². The highest BCUT2D eigenvalue weighted by Gasteiger charge is 2.17. The predicted molar refractivity (Wildman–Crippen MR) is 85.8 cm³/mol. The molecular formula is C14H13ClN4O2S. The molecule has 0 aliphatic heterocycles. The van der Waals surface area contributed by atoms with Gasteiger partial charge in [0.2, 0.25) is 4.96 Å². The summed E-state index contributed by atoms with van der Waals surface area (Å²) < 4.78 is 7.24. The van der Waals surface area contributed by atoms with Crippen molar-refractivity contribution < 1.29 is 9.53 Å². The van der Waals surface area contributed by atoms with Crippen LogP contribution in [-0.2, 0) is 4.79 Å². The van der Waals surface area contributed by atoms with Gasteiger partial charge in [-0.3, -0.25) is 10.1 Å². The van der Waals surface area contributed by atoms with E-state index in [-0.39, 0.29) is 11.9 Å². The summed E-state index contributed by atoms with van der Waals surface area (Å²) in [5.41, 5.74) is 0.971. The van der Waals surface area contributed by atoms with Crippen molar-refractivity contribution in [2.45, 2.75) is 20.0 Å². The molecule has 0 radical (unpaired) electrons. The number of ether oxygens (including phenoxy) is 1. The molecule has 3 rings (SSSR count). The number of thiazole rings is 1. The fourth-order valence-electron chi connectivity index (χ4n) is 1.83. The zero-order valence-electron chi connectivity index (χ0n) is 11.9. The van der Waals surface area contributed by atoms with Gasteiger partial charge in [0.1, 0.15) is 5.75 Å². The second-order valence-electron chi connectivity index (χ2n) is 4.71. The van der Waals surface area contributed by atoms with E-state index in [9.17, 15) is 4.79 Å². The lowest BCUT2D eigenvalue weighted by atomic mass is 10.3. The molecule has 2 heterocycles. The Balaban J connectivity index is 1.66. The smallest absolute Gasteiger partial charge is 0.267 e. The molecule has 114 valence electrons. The molecule has 1 N–H and O–H groups in total. The Morgan fingerprint density at radius 1 is 1.41 bits per heavy atom. The predicted octanol–water partition coefficient (Wildman–Crippen LogP) is 3.16. The van der Waals surface area contributed by atoms with E-state index in [1.807, 2.05) is 12.3 Å². The lowest BCUT2D eigenvalue weighted by Gasteiger charge is -2.13. The first-order chi connectivity index (χ1) is 10.5. The summed E-state index contributed by atoms with van der Waals surface area (Å²) in [7, 11) is 0. The Morgan fingerprint density at radius 2 is 2.14 bits per heavy atom. The number of nitrogens with one attached hydrogen (secondary N) is 1. The number of carbonyl (C=O) groups is 1. The standard InChI is InChI=1S/C14H13ClN4O2S/c1-8-7-22-14-17-13(18-19(8)14)16-12(20)9(2)21-11-5-3-10(15)4-6-11/h3-7,9H,1-2H3,(H,16,18,20). The lowest BCUT2D eigenvalue weighted by molar-refractivity contribution is -0.122. The van der Waals surface area contributed by atoms with Crippen LogP contribution in [0.5, 0.6) is 5.75 Å². The van der Waals surface area contributed by atoms with E-state index in [4.69, 9.17) is 16.3 Å². The van der Waals surface area contributed by atoms with E-state index in [1.165, 1.54) is 11.3 Å². The average Bonchev–Trinajstić information content (AvgIpc) is 3.03. The molecule has 2 aromatic heterocycles. The SMILES string of the molecule is Cc1csc2nc(NC(=O)C(C)Oc3ccc(Cl)cc3)nn12. The molecule has 1 amide bonds. The summed E-state index contributed by atoms with van der Waals surface area (Å²) in [5, 5.41) is 9.44. The molecule has 0 aliphatic carbocycles. The summed E-state index contributed by atoms with van der Waals surface area (Å²) >= 11 is 7.27. The number of hydrogen-bond donors (Lipinski definition) is 1. The summed E-state index contributed by atoms with van der Waals surface area (Å²) in [4.78, 5) is 17.1. The number of rotatable bonds is 4. The second kappa shape index (κ2) is 5.94. The van der Waals surface area contributed by atoms with Crippen LogP contribution in [-0.4, -0.2) is 26.6 Å². The van der Waals surface area contributed by atoms with Crippen LogP contribution >= 0.6 is 22.9 Å². The number of amides is 1. The molecule has 0 bridgehead atoms. The number of hydrogen-bond acceptors (Lipinski definition) is 5. The topological polar surface area (TPSA) is 68.5 Å². The molecule has 1 atom stereocenters. The second-order valence-corrected chi connectivity index (χ2v) is 5.98.